The first-order chi connectivity index (χ1) is 13.6. The van der Waals surface area contributed by atoms with E-state index in [1.54, 1.807) is 26.5 Å². The molecule has 0 radical (unpaired) electrons. The maximum Gasteiger partial charge on any atom is 0.163 e. The van der Waals surface area contributed by atoms with E-state index >= 15 is 0 Å². The highest BCUT2D eigenvalue weighted by atomic mass is 16.5. The zero-order valence-electron chi connectivity index (χ0n) is 16.9. The van der Waals surface area contributed by atoms with Crippen LogP contribution in [0.4, 0.5) is 0 Å². The lowest BCUT2D eigenvalue weighted by atomic mass is 9.92. The van der Waals surface area contributed by atoms with Crippen molar-refractivity contribution in [3.8, 4) is 11.5 Å². The number of nitrogens with zero attached hydrogens (tertiary/aromatic N) is 2. The Balaban J connectivity index is 1.66. The second kappa shape index (κ2) is 9.49. The lowest BCUT2D eigenvalue weighted by Crippen LogP contribution is -2.07. The molecule has 0 amide bonds. The van der Waals surface area contributed by atoms with Crippen molar-refractivity contribution in [3.63, 3.8) is 0 Å². The number of benzene rings is 1. The van der Waals surface area contributed by atoms with Gasteiger partial charge in [-0.25, -0.2) is 0 Å². The first-order valence-electron chi connectivity index (χ1n) is 9.82. The summed E-state index contributed by atoms with van der Waals surface area (Å²) in [7, 11) is 3.26. The van der Waals surface area contributed by atoms with Gasteiger partial charge in [0.15, 0.2) is 5.78 Å². The van der Waals surface area contributed by atoms with Crippen LogP contribution >= 0.6 is 0 Å². The second-order valence-corrected chi connectivity index (χ2v) is 7.26. The van der Waals surface area contributed by atoms with Gasteiger partial charge in [0.1, 0.15) is 11.5 Å². The fourth-order valence-corrected chi connectivity index (χ4v) is 3.49. The van der Waals surface area contributed by atoms with Gasteiger partial charge in [-0.3, -0.25) is 14.8 Å². The molecule has 2 aromatic rings. The minimum atomic E-state index is 0.0564. The number of Topliss-reactive ketones (excluding diaryl/α,β-unsaturated/α-hetero) is 1. The van der Waals surface area contributed by atoms with Crippen LogP contribution in [0.15, 0.2) is 41.5 Å². The van der Waals surface area contributed by atoms with Gasteiger partial charge >= 0.3 is 0 Å². The van der Waals surface area contributed by atoms with E-state index in [0.717, 1.165) is 60.5 Å². The summed E-state index contributed by atoms with van der Waals surface area (Å²) in [6.45, 7) is 3.00. The highest BCUT2D eigenvalue weighted by molar-refractivity contribution is 5.96. The van der Waals surface area contributed by atoms with Crippen LogP contribution in [-0.4, -0.2) is 37.2 Å². The molecule has 5 heteroatoms. The van der Waals surface area contributed by atoms with Crippen molar-refractivity contribution in [1.82, 2.24) is 4.98 Å². The van der Waals surface area contributed by atoms with Crippen molar-refractivity contribution in [3.05, 3.63) is 53.3 Å². The van der Waals surface area contributed by atoms with Crippen molar-refractivity contribution in [2.75, 3.05) is 20.8 Å². The van der Waals surface area contributed by atoms with E-state index in [0.29, 0.717) is 6.42 Å². The molecular formula is C23H28N2O3. The zero-order chi connectivity index (χ0) is 19.9. The van der Waals surface area contributed by atoms with Crippen molar-refractivity contribution in [1.29, 1.82) is 0 Å². The summed E-state index contributed by atoms with van der Waals surface area (Å²) in [6, 6.07) is 9.48. The van der Waals surface area contributed by atoms with E-state index in [1.807, 2.05) is 31.2 Å². The molecule has 1 atom stereocenters. The molecule has 3 rings (SSSR count). The molecule has 1 aliphatic heterocycles. The molecule has 0 aliphatic carbocycles. The molecule has 0 N–H and O–H groups in total. The highest BCUT2D eigenvalue weighted by Crippen LogP contribution is 2.29. The number of aliphatic imine (C=N–C) groups is 1. The number of hydrogen-bond acceptors (Lipinski definition) is 5. The third-order valence-corrected chi connectivity index (χ3v) is 5.20. The van der Waals surface area contributed by atoms with E-state index in [1.165, 1.54) is 5.71 Å². The van der Waals surface area contributed by atoms with E-state index in [2.05, 4.69) is 9.98 Å². The van der Waals surface area contributed by atoms with Gasteiger partial charge < -0.3 is 9.47 Å². The number of ether oxygens (including phenoxy) is 2. The Morgan fingerprint density at radius 2 is 1.86 bits per heavy atom. The predicted octanol–water partition coefficient (Wildman–Crippen LogP) is 4.64. The van der Waals surface area contributed by atoms with Gasteiger partial charge in [-0.05, 0) is 61.4 Å². The molecule has 1 aromatic carbocycles. The van der Waals surface area contributed by atoms with E-state index < -0.39 is 0 Å². The van der Waals surface area contributed by atoms with E-state index in [-0.39, 0.29) is 11.7 Å². The quantitative estimate of drug-likeness (QED) is 0.595. The molecule has 0 saturated heterocycles. The molecule has 0 fully saturated rings. The molecular weight excluding hydrogens is 352 g/mol. The molecule has 1 aliphatic rings. The third-order valence-electron chi connectivity index (χ3n) is 5.20. The Kier molecular flexibility index (Phi) is 6.80. The zero-order valence-corrected chi connectivity index (χ0v) is 16.9. The number of aryl methyl sites for hydroxylation is 1. The van der Waals surface area contributed by atoms with Gasteiger partial charge in [-0.15, -0.1) is 0 Å². The van der Waals surface area contributed by atoms with Crippen molar-refractivity contribution < 1.29 is 14.3 Å². The lowest BCUT2D eigenvalue weighted by molar-refractivity contribution is 0.0975. The monoisotopic (exact) mass is 380 g/mol. The van der Waals surface area contributed by atoms with Crippen LogP contribution in [0.3, 0.4) is 0 Å². The summed E-state index contributed by atoms with van der Waals surface area (Å²) in [6.07, 6.45) is 6.19. The number of methoxy groups -OCH3 is 2. The molecule has 2 heterocycles. The normalized spacial score (nSPS) is 14.5. The van der Waals surface area contributed by atoms with Gasteiger partial charge in [-0.1, -0.05) is 6.92 Å². The molecule has 0 bridgehead atoms. The Labute approximate surface area is 166 Å². The highest BCUT2D eigenvalue weighted by Gasteiger charge is 2.16. The van der Waals surface area contributed by atoms with E-state index in [9.17, 15) is 4.79 Å². The molecule has 1 aromatic heterocycles. The summed E-state index contributed by atoms with van der Waals surface area (Å²) in [5, 5.41) is 0. The Morgan fingerprint density at radius 1 is 1.11 bits per heavy atom. The largest absolute Gasteiger partial charge is 0.497 e. The minimum Gasteiger partial charge on any atom is -0.497 e. The number of rotatable bonds is 9. The van der Waals surface area contributed by atoms with Gasteiger partial charge in [0.25, 0.3) is 0 Å². The number of carbonyl (C=O) groups excluding carboxylic acids is 1. The summed E-state index contributed by atoms with van der Waals surface area (Å²) in [4.78, 5) is 21.8. The van der Waals surface area contributed by atoms with E-state index in [4.69, 9.17) is 9.47 Å². The lowest BCUT2D eigenvalue weighted by Gasteiger charge is -2.14. The molecule has 1 unspecified atom stereocenters. The van der Waals surface area contributed by atoms with Crippen molar-refractivity contribution in [2.24, 2.45) is 4.99 Å². The van der Waals surface area contributed by atoms with Crippen LogP contribution in [0.2, 0.25) is 0 Å². The maximum atomic E-state index is 12.8. The number of pyridine rings is 1. The smallest absolute Gasteiger partial charge is 0.163 e. The first-order valence-corrected chi connectivity index (χ1v) is 9.82. The van der Waals surface area contributed by atoms with Crippen LogP contribution in [0.1, 0.15) is 60.1 Å². The van der Waals surface area contributed by atoms with Crippen LogP contribution in [-0.2, 0) is 6.42 Å². The molecule has 5 nitrogen and oxygen atoms in total. The van der Waals surface area contributed by atoms with Crippen LogP contribution in [0, 0.1) is 0 Å². The second-order valence-electron chi connectivity index (χ2n) is 7.26. The SMILES string of the molecule is COc1cc(OC)cc(C(C)CC(=O)c2ccnc(CCC3=NCCC3)c2)c1. The van der Waals surface area contributed by atoms with Crippen LogP contribution in [0.5, 0.6) is 11.5 Å². The Bertz CT molecular complexity index is 838. The standard InChI is InChI=1S/C23H28N2O3/c1-16(18-13-21(27-2)15-22(14-18)28-3)11-23(26)17-8-10-25-20(12-17)7-6-19-5-4-9-24-19/h8,10,12-16H,4-7,9,11H2,1-3H3. The average molecular weight is 380 g/mol. The summed E-state index contributed by atoms with van der Waals surface area (Å²) in [5.74, 6) is 1.64. The summed E-state index contributed by atoms with van der Waals surface area (Å²) < 4.78 is 10.7. The number of aromatic nitrogens is 1. The predicted molar refractivity (Wildman–Crippen MR) is 111 cm³/mol. The molecule has 0 spiro atoms. The number of hydrogen-bond donors (Lipinski definition) is 0. The van der Waals surface area contributed by atoms with Crippen molar-refractivity contribution >= 4 is 11.5 Å². The van der Waals surface area contributed by atoms with Gasteiger partial charge in [-0.2, -0.15) is 0 Å². The molecule has 0 saturated carbocycles. The van der Waals surface area contributed by atoms with Crippen molar-refractivity contribution in [2.45, 2.75) is 44.9 Å². The summed E-state index contributed by atoms with van der Waals surface area (Å²) >= 11 is 0. The Hall–Kier alpha value is -2.69. The third kappa shape index (κ3) is 5.18. The Morgan fingerprint density at radius 3 is 2.50 bits per heavy atom. The minimum absolute atomic E-state index is 0.0564. The molecule has 28 heavy (non-hydrogen) atoms. The molecule has 148 valence electrons. The maximum absolute atomic E-state index is 12.8. The fraction of sp³-hybridized carbons (Fsp3) is 0.435. The van der Waals surface area contributed by atoms with Gasteiger partial charge in [0.2, 0.25) is 0 Å². The topological polar surface area (TPSA) is 60.8 Å². The van der Waals surface area contributed by atoms with Gasteiger partial charge in [0.05, 0.1) is 14.2 Å². The number of ketones is 1. The number of carbonyl (C=O) groups is 1. The average Bonchev–Trinajstić information content (AvgIpc) is 3.25. The fourth-order valence-electron chi connectivity index (χ4n) is 3.49. The van der Waals surface area contributed by atoms with Crippen LogP contribution < -0.4 is 9.47 Å². The first kappa shape index (κ1) is 20.1. The van der Waals surface area contributed by atoms with Crippen LogP contribution in [0.25, 0.3) is 0 Å². The van der Waals surface area contributed by atoms with Gasteiger partial charge in [0, 0.05) is 42.2 Å². The summed E-state index contributed by atoms with van der Waals surface area (Å²) in [5.41, 5.74) is 3.98.